The third-order valence-electron chi connectivity index (χ3n) is 6.51. The number of urea groups is 1. The quantitative estimate of drug-likeness (QED) is 0.281. The number of carbonyl (C=O) groups is 1. The van der Waals surface area contributed by atoms with Crippen LogP contribution in [-0.2, 0) is 0 Å². The average Bonchev–Trinajstić information content (AvgIpc) is 3.24. The van der Waals surface area contributed by atoms with E-state index < -0.39 is 17.9 Å². The molecule has 2 heterocycles. The van der Waals surface area contributed by atoms with E-state index >= 15 is 4.39 Å². The van der Waals surface area contributed by atoms with Crippen LogP contribution in [0.15, 0.2) is 60.7 Å². The zero-order chi connectivity index (χ0) is 26.4. The molecule has 1 aliphatic heterocycles. The van der Waals surface area contributed by atoms with Gasteiger partial charge in [0.1, 0.15) is 11.4 Å². The Labute approximate surface area is 224 Å². The van der Waals surface area contributed by atoms with E-state index in [1.807, 2.05) is 43.3 Å². The number of anilines is 2. The molecule has 190 valence electrons. The maximum Gasteiger partial charge on any atom is 0.328 e. The predicted octanol–water partition coefficient (Wildman–Crippen LogP) is 7.90. The molecule has 0 unspecified atom stereocenters. The molecule has 4 aromatic rings. The van der Waals surface area contributed by atoms with E-state index in [1.54, 1.807) is 30.0 Å². The monoisotopic (exact) mass is 538 g/mol. The van der Waals surface area contributed by atoms with Gasteiger partial charge in [0.2, 0.25) is 0 Å². The Balaban J connectivity index is 1.85. The van der Waals surface area contributed by atoms with Gasteiger partial charge in [0.05, 0.1) is 29.6 Å². The van der Waals surface area contributed by atoms with Crippen molar-refractivity contribution >= 4 is 40.7 Å². The Kier molecular flexibility index (Phi) is 6.60. The van der Waals surface area contributed by atoms with Crippen LogP contribution in [0.1, 0.15) is 48.2 Å². The lowest BCUT2D eigenvalue weighted by Crippen LogP contribution is -2.44. The molecule has 0 radical (unpaired) electrons. The summed E-state index contributed by atoms with van der Waals surface area (Å²) in [6.07, 6.45) is 0. The van der Waals surface area contributed by atoms with E-state index in [-0.39, 0.29) is 16.6 Å². The number of amides is 2. The van der Waals surface area contributed by atoms with Crippen LogP contribution in [0.25, 0.3) is 5.69 Å². The molecule has 0 aliphatic carbocycles. The highest BCUT2D eigenvalue weighted by atomic mass is 35.5. The maximum atomic E-state index is 15.4. The number of ether oxygens (including phenoxy) is 1. The number of fused-ring (bicyclic) bond motifs is 1. The molecule has 37 heavy (non-hydrogen) atoms. The van der Waals surface area contributed by atoms with Gasteiger partial charge >= 0.3 is 6.03 Å². The molecular weight excluding hydrogens is 514 g/mol. The van der Waals surface area contributed by atoms with Crippen LogP contribution in [0.3, 0.4) is 0 Å². The Hall–Kier alpha value is -3.55. The van der Waals surface area contributed by atoms with Crippen LogP contribution in [0, 0.1) is 12.7 Å². The molecule has 3 aromatic carbocycles. The van der Waals surface area contributed by atoms with Gasteiger partial charge in [0, 0.05) is 10.6 Å². The number of aromatic nitrogens is 2. The zero-order valence-corrected chi connectivity index (χ0v) is 22.2. The molecule has 1 N–H and O–H groups in total. The molecule has 0 bridgehead atoms. The molecule has 0 saturated carbocycles. The molecular formula is C28H25Cl2FN4O2. The van der Waals surface area contributed by atoms with Gasteiger partial charge in [-0.25, -0.2) is 13.9 Å². The third kappa shape index (κ3) is 4.22. The Morgan fingerprint density at radius 1 is 1.05 bits per heavy atom. The highest BCUT2D eigenvalue weighted by molar-refractivity contribution is 6.31. The van der Waals surface area contributed by atoms with Gasteiger partial charge in [0.15, 0.2) is 11.6 Å². The second kappa shape index (κ2) is 9.72. The summed E-state index contributed by atoms with van der Waals surface area (Å²) >= 11 is 12.4. The fourth-order valence-electron chi connectivity index (χ4n) is 4.92. The molecule has 0 spiro atoms. The summed E-state index contributed by atoms with van der Waals surface area (Å²) in [7, 11) is 1.60. The third-order valence-corrected chi connectivity index (χ3v) is 7.04. The number of rotatable bonds is 5. The van der Waals surface area contributed by atoms with Crippen LogP contribution in [0.5, 0.6) is 5.75 Å². The summed E-state index contributed by atoms with van der Waals surface area (Å²) in [4.78, 5) is 15.0. The SMILES string of the molecule is COc1ccccc1-n1nc2c(c1C(C)C)[C@H](c1ccc(Cl)cc1C)N(c1cccc(Cl)c1F)C(=O)N2. The van der Waals surface area contributed by atoms with Gasteiger partial charge in [0.25, 0.3) is 0 Å². The van der Waals surface area contributed by atoms with Gasteiger partial charge in [-0.05, 0) is 60.4 Å². The van der Waals surface area contributed by atoms with E-state index in [4.69, 9.17) is 33.0 Å². The van der Waals surface area contributed by atoms with Crippen LogP contribution < -0.4 is 15.0 Å². The van der Waals surface area contributed by atoms with Crippen LogP contribution in [0.2, 0.25) is 10.0 Å². The number of benzene rings is 3. The standard InChI is InChI=1S/C28H25Cl2FN4O2/c1-15(2)25-23-26(18-13-12-17(29)14-16(18)3)34(21-10-7-8-19(30)24(21)31)28(36)32-27(23)33-35(25)20-9-5-6-11-22(20)37-4/h5-15,26H,1-4H3,(H,32,33,36)/t26-/m0/s1. The maximum absolute atomic E-state index is 15.4. The van der Waals surface area contributed by atoms with Gasteiger partial charge in [-0.1, -0.05) is 61.3 Å². The minimum atomic E-state index is -0.699. The second-order valence-electron chi connectivity index (χ2n) is 9.16. The van der Waals surface area contributed by atoms with Crippen molar-refractivity contribution in [2.24, 2.45) is 0 Å². The van der Waals surface area contributed by atoms with Crippen molar-refractivity contribution < 1.29 is 13.9 Å². The number of nitrogens with zero attached hydrogens (tertiary/aromatic N) is 3. The van der Waals surface area contributed by atoms with Crippen molar-refractivity contribution in [1.29, 1.82) is 0 Å². The lowest BCUT2D eigenvalue weighted by molar-refractivity contribution is 0.254. The molecule has 1 aliphatic rings. The lowest BCUT2D eigenvalue weighted by atomic mass is 9.89. The molecule has 0 fully saturated rings. The number of hydrogen-bond donors (Lipinski definition) is 1. The molecule has 1 atom stereocenters. The lowest BCUT2D eigenvalue weighted by Gasteiger charge is -2.37. The van der Waals surface area contributed by atoms with Crippen molar-refractivity contribution in [2.75, 3.05) is 17.3 Å². The van der Waals surface area contributed by atoms with Crippen LogP contribution in [0.4, 0.5) is 20.7 Å². The van der Waals surface area contributed by atoms with E-state index in [9.17, 15) is 4.79 Å². The topological polar surface area (TPSA) is 59.4 Å². The molecule has 2 amide bonds. The van der Waals surface area contributed by atoms with Gasteiger partial charge < -0.3 is 4.74 Å². The summed E-state index contributed by atoms with van der Waals surface area (Å²) in [6.45, 7) is 6.02. The highest BCUT2D eigenvalue weighted by Crippen LogP contribution is 2.47. The fraction of sp³-hybridized carbons (Fsp3) is 0.214. The first-order valence-electron chi connectivity index (χ1n) is 11.8. The van der Waals surface area contributed by atoms with E-state index in [0.717, 1.165) is 28.1 Å². The summed E-state index contributed by atoms with van der Waals surface area (Å²) in [5, 5.41) is 8.20. The molecule has 5 rings (SSSR count). The predicted molar refractivity (Wildman–Crippen MR) is 145 cm³/mol. The van der Waals surface area contributed by atoms with Crippen molar-refractivity contribution in [2.45, 2.75) is 32.7 Å². The number of halogens is 3. The average molecular weight is 539 g/mol. The molecule has 0 saturated heterocycles. The largest absolute Gasteiger partial charge is 0.494 e. The van der Waals surface area contributed by atoms with E-state index in [0.29, 0.717) is 16.6 Å². The minimum Gasteiger partial charge on any atom is -0.494 e. The second-order valence-corrected chi connectivity index (χ2v) is 10.0. The smallest absolute Gasteiger partial charge is 0.328 e. The number of para-hydroxylation sites is 2. The van der Waals surface area contributed by atoms with Gasteiger partial charge in [-0.3, -0.25) is 10.2 Å². The molecule has 6 nitrogen and oxygen atoms in total. The van der Waals surface area contributed by atoms with Crippen molar-refractivity contribution in [3.05, 3.63) is 98.9 Å². The molecule has 9 heteroatoms. The van der Waals surface area contributed by atoms with Crippen molar-refractivity contribution in [3.63, 3.8) is 0 Å². The van der Waals surface area contributed by atoms with E-state index in [2.05, 4.69) is 19.2 Å². The van der Waals surface area contributed by atoms with Crippen molar-refractivity contribution in [1.82, 2.24) is 9.78 Å². The highest BCUT2D eigenvalue weighted by Gasteiger charge is 2.42. The van der Waals surface area contributed by atoms with E-state index in [1.165, 1.54) is 11.0 Å². The first-order chi connectivity index (χ1) is 17.7. The summed E-state index contributed by atoms with van der Waals surface area (Å²) in [5.41, 5.74) is 4.04. The zero-order valence-electron chi connectivity index (χ0n) is 20.7. The fourth-order valence-corrected chi connectivity index (χ4v) is 5.32. The summed E-state index contributed by atoms with van der Waals surface area (Å²) in [5.74, 6) is 0.338. The Bertz CT molecular complexity index is 1520. The summed E-state index contributed by atoms with van der Waals surface area (Å²) < 4.78 is 22.8. The Morgan fingerprint density at radius 2 is 1.78 bits per heavy atom. The first-order valence-corrected chi connectivity index (χ1v) is 12.5. The Morgan fingerprint density at radius 3 is 2.49 bits per heavy atom. The van der Waals surface area contributed by atoms with Gasteiger partial charge in [-0.2, -0.15) is 0 Å². The number of carbonyl (C=O) groups excluding carboxylic acids is 1. The van der Waals surface area contributed by atoms with Crippen LogP contribution in [-0.4, -0.2) is 22.9 Å². The number of nitrogens with one attached hydrogen (secondary N) is 1. The van der Waals surface area contributed by atoms with Crippen molar-refractivity contribution in [3.8, 4) is 11.4 Å². The summed E-state index contributed by atoms with van der Waals surface area (Å²) in [6, 6.07) is 16.4. The number of aryl methyl sites for hydroxylation is 1. The van der Waals surface area contributed by atoms with Gasteiger partial charge in [-0.15, -0.1) is 5.10 Å². The van der Waals surface area contributed by atoms with Crippen LogP contribution >= 0.6 is 23.2 Å². The normalized spacial score (nSPS) is 15.1. The first kappa shape index (κ1) is 25.1. The molecule has 1 aromatic heterocycles. The number of hydrogen-bond acceptors (Lipinski definition) is 3. The number of methoxy groups -OCH3 is 1. The minimum absolute atomic E-state index is 0.0164.